The first-order chi connectivity index (χ1) is 11.0. The summed E-state index contributed by atoms with van der Waals surface area (Å²) in [6, 6.07) is 15.6. The van der Waals surface area contributed by atoms with Crippen molar-refractivity contribution in [2.45, 2.75) is 19.5 Å². The quantitative estimate of drug-likeness (QED) is 0.785. The lowest BCUT2D eigenvalue weighted by atomic mass is 10.1. The summed E-state index contributed by atoms with van der Waals surface area (Å²) in [6.45, 7) is 2.95. The van der Waals surface area contributed by atoms with Crippen LogP contribution in [0, 0.1) is 0 Å². The molecule has 0 aromatic heterocycles. The second-order valence-corrected chi connectivity index (χ2v) is 6.93. The van der Waals surface area contributed by atoms with Gasteiger partial charge < -0.3 is 5.32 Å². The highest BCUT2D eigenvalue weighted by Crippen LogP contribution is 2.17. The Balaban J connectivity index is 1.86. The van der Waals surface area contributed by atoms with Gasteiger partial charge in [-0.3, -0.25) is 9.69 Å². The second kappa shape index (κ2) is 8.48. The molecule has 0 aliphatic carbocycles. The molecule has 0 unspecified atom stereocenters. The van der Waals surface area contributed by atoms with Crippen molar-refractivity contribution in [1.82, 2.24) is 10.2 Å². The van der Waals surface area contributed by atoms with Crippen LogP contribution in [-0.2, 0) is 11.3 Å². The van der Waals surface area contributed by atoms with Crippen LogP contribution in [0.3, 0.4) is 0 Å². The number of nitrogens with zero attached hydrogens (tertiary/aromatic N) is 1. The Bertz CT molecular complexity index is 660. The van der Waals surface area contributed by atoms with Gasteiger partial charge in [-0.05, 0) is 43.3 Å². The summed E-state index contributed by atoms with van der Waals surface area (Å²) in [5, 5.41) is 3.74. The molecule has 0 aliphatic rings. The molecule has 0 radical (unpaired) electrons. The average molecular weight is 396 g/mol. The monoisotopic (exact) mass is 394 g/mol. The highest BCUT2D eigenvalue weighted by Gasteiger charge is 2.12. The van der Waals surface area contributed by atoms with E-state index in [2.05, 4.69) is 21.2 Å². The third kappa shape index (κ3) is 5.65. The predicted molar refractivity (Wildman–Crippen MR) is 98.5 cm³/mol. The van der Waals surface area contributed by atoms with Gasteiger partial charge >= 0.3 is 0 Å². The number of amides is 1. The lowest BCUT2D eigenvalue weighted by Crippen LogP contribution is -2.36. The van der Waals surface area contributed by atoms with Gasteiger partial charge in [0.2, 0.25) is 5.91 Å². The van der Waals surface area contributed by atoms with Crippen molar-refractivity contribution in [3.63, 3.8) is 0 Å². The van der Waals surface area contributed by atoms with E-state index in [1.807, 2.05) is 67.4 Å². The van der Waals surface area contributed by atoms with Crippen LogP contribution in [0.2, 0.25) is 5.02 Å². The third-order valence-electron chi connectivity index (χ3n) is 3.56. The standard InChI is InChI=1S/C18H20BrClN2O/c1-13(14-7-9-16(19)10-8-14)21-18(23)12-22(2)11-15-5-3-4-6-17(15)20/h3-10,13H,11-12H2,1-2H3,(H,21,23)/t13-/m1/s1. The van der Waals surface area contributed by atoms with Crippen molar-refractivity contribution in [3.8, 4) is 0 Å². The van der Waals surface area contributed by atoms with E-state index in [1.54, 1.807) is 0 Å². The maximum absolute atomic E-state index is 12.2. The molecule has 2 aromatic carbocycles. The van der Waals surface area contributed by atoms with Crippen molar-refractivity contribution in [2.24, 2.45) is 0 Å². The number of carbonyl (C=O) groups excluding carboxylic acids is 1. The molecule has 0 saturated heterocycles. The van der Waals surface area contributed by atoms with E-state index in [4.69, 9.17) is 11.6 Å². The van der Waals surface area contributed by atoms with Crippen LogP contribution in [0.5, 0.6) is 0 Å². The van der Waals surface area contributed by atoms with Crippen LogP contribution < -0.4 is 5.32 Å². The van der Waals surface area contributed by atoms with Crippen molar-refractivity contribution < 1.29 is 4.79 Å². The summed E-state index contributed by atoms with van der Waals surface area (Å²) >= 11 is 9.56. The smallest absolute Gasteiger partial charge is 0.234 e. The fourth-order valence-electron chi connectivity index (χ4n) is 2.34. The normalized spacial score (nSPS) is 12.2. The van der Waals surface area contributed by atoms with Gasteiger partial charge in [0.15, 0.2) is 0 Å². The zero-order valence-corrected chi connectivity index (χ0v) is 15.6. The molecule has 0 bridgehead atoms. The van der Waals surface area contributed by atoms with Gasteiger partial charge in [0, 0.05) is 16.0 Å². The van der Waals surface area contributed by atoms with E-state index in [9.17, 15) is 4.79 Å². The molecule has 3 nitrogen and oxygen atoms in total. The van der Waals surface area contributed by atoms with Crippen molar-refractivity contribution in [2.75, 3.05) is 13.6 Å². The van der Waals surface area contributed by atoms with Gasteiger partial charge in [0.25, 0.3) is 0 Å². The lowest BCUT2D eigenvalue weighted by molar-refractivity contribution is -0.122. The largest absolute Gasteiger partial charge is 0.348 e. The number of hydrogen-bond acceptors (Lipinski definition) is 2. The van der Waals surface area contributed by atoms with E-state index in [-0.39, 0.29) is 11.9 Å². The van der Waals surface area contributed by atoms with Crippen molar-refractivity contribution >= 4 is 33.4 Å². The maximum Gasteiger partial charge on any atom is 0.234 e. The van der Waals surface area contributed by atoms with Gasteiger partial charge in [0.05, 0.1) is 12.6 Å². The predicted octanol–water partition coefficient (Wildman–Crippen LogP) is 4.41. The summed E-state index contributed by atoms with van der Waals surface area (Å²) in [4.78, 5) is 14.1. The SMILES string of the molecule is C[C@@H](NC(=O)CN(C)Cc1ccccc1Cl)c1ccc(Br)cc1. The lowest BCUT2D eigenvalue weighted by Gasteiger charge is -2.20. The number of benzene rings is 2. The first kappa shape index (κ1) is 18.0. The highest BCUT2D eigenvalue weighted by molar-refractivity contribution is 9.10. The van der Waals surface area contributed by atoms with E-state index in [1.165, 1.54) is 0 Å². The number of likely N-dealkylation sites (N-methyl/N-ethyl adjacent to an activating group) is 1. The molecule has 0 heterocycles. The molecule has 5 heteroatoms. The van der Waals surface area contributed by atoms with Gasteiger partial charge in [-0.25, -0.2) is 0 Å². The third-order valence-corrected chi connectivity index (χ3v) is 4.46. The van der Waals surface area contributed by atoms with Crippen LogP contribution in [0.4, 0.5) is 0 Å². The summed E-state index contributed by atoms with van der Waals surface area (Å²) in [7, 11) is 1.91. The Labute approximate surface area is 150 Å². The molecule has 2 aromatic rings. The van der Waals surface area contributed by atoms with Crippen molar-refractivity contribution in [3.05, 3.63) is 69.2 Å². The number of rotatable bonds is 6. The molecule has 1 atom stereocenters. The summed E-state index contributed by atoms with van der Waals surface area (Å²) in [5.74, 6) is -0.00466. The van der Waals surface area contributed by atoms with E-state index in [0.717, 1.165) is 20.6 Å². The molecule has 1 amide bonds. The average Bonchev–Trinajstić information content (AvgIpc) is 2.50. The Morgan fingerprint density at radius 1 is 1.22 bits per heavy atom. The van der Waals surface area contributed by atoms with Crippen LogP contribution in [0.15, 0.2) is 53.0 Å². The molecule has 0 spiro atoms. The van der Waals surface area contributed by atoms with Crippen LogP contribution in [0.1, 0.15) is 24.1 Å². The van der Waals surface area contributed by atoms with Gasteiger partial charge in [0.1, 0.15) is 0 Å². The number of carbonyl (C=O) groups is 1. The fraction of sp³-hybridized carbons (Fsp3) is 0.278. The second-order valence-electron chi connectivity index (χ2n) is 5.60. The number of nitrogens with one attached hydrogen (secondary N) is 1. The van der Waals surface area contributed by atoms with Crippen LogP contribution in [-0.4, -0.2) is 24.4 Å². The van der Waals surface area contributed by atoms with E-state index in [0.29, 0.717) is 13.1 Å². The molecule has 2 rings (SSSR count). The molecular formula is C18H20BrClN2O. The van der Waals surface area contributed by atoms with Crippen LogP contribution in [0.25, 0.3) is 0 Å². The fourth-order valence-corrected chi connectivity index (χ4v) is 2.80. The van der Waals surface area contributed by atoms with Gasteiger partial charge in [-0.2, -0.15) is 0 Å². The maximum atomic E-state index is 12.2. The van der Waals surface area contributed by atoms with Crippen LogP contribution >= 0.6 is 27.5 Å². The topological polar surface area (TPSA) is 32.3 Å². The van der Waals surface area contributed by atoms with E-state index >= 15 is 0 Å². The molecule has 0 fully saturated rings. The summed E-state index contributed by atoms with van der Waals surface area (Å²) < 4.78 is 1.03. The molecule has 23 heavy (non-hydrogen) atoms. The molecule has 122 valence electrons. The minimum Gasteiger partial charge on any atom is -0.348 e. The Hall–Kier alpha value is -1.36. The van der Waals surface area contributed by atoms with Gasteiger partial charge in [-0.1, -0.05) is 57.9 Å². The minimum absolute atomic E-state index is 0.00466. The highest BCUT2D eigenvalue weighted by atomic mass is 79.9. The number of halogens is 2. The summed E-state index contributed by atoms with van der Waals surface area (Å²) in [5.41, 5.74) is 2.10. The Morgan fingerprint density at radius 3 is 2.52 bits per heavy atom. The summed E-state index contributed by atoms with van der Waals surface area (Å²) in [6.07, 6.45) is 0. The van der Waals surface area contributed by atoms with Gasteiger partial charge in [-0.15, -0.1) is 0 Å². The Morgan fingerprint density at radius 2 is 1.87 bits per heavy atom. The zero-order chi connectivity index (χ0) is 16.8. The molecule has 1 N–H and O–H groups in total. The molecular weight excluding hydrogens is 376 g/mol. The molecule has 0 saturated carbocycles. The minimum atomic E-state index is -0.0238. The van der Waals surface area contributed by atoms with Crippen molar-refractivity contribution in [1.29, 1.82) is 0 Å². The number of hydrogen-bond donors (Lipinski definition) is 1. The zero-order valence-electron chi connectivity index (χ0n) is 13.2. The Kier molecular flexibility index (Phi) is 6.63. The first-order valence-corrected chi connectivity index (χ1v) is 8.59. The van der Waals surface area contributed by atoms with E-state index < -0.39 is 0 Å². The first-order valence-electron chi connectivity index (χ1n) is 7.42. The molecule has 0 aliphatic heterocycles.